The van der Waals surface area contributed by atoms with Gasteiger partial charge in [0.25, 0.3) is 0 Å². The van der Waals surface area contributed by atoms with Gasteiger partial charge in [-0.2, -0.15) is 4.98 Å². The molecule has 26 heavy (non-hydrogen) atoms. The molecule has 4 nitrogen and oxygen atoms in total. The van der Waals surface area contributed by atoms with Gasteiger partial charge in [0.05, 0.1) is 0 Å². The summed E-state index contributed by atoms with van der Waals surface area (Å²) in [6.45, 7) is 8.75. The van der Waals surface area contributed by atoms with Crippen molar-refractivity contribution < 1.29 is 0 Å². The Morgan fingerprint density at radius 1 is 0.885 bits per heavy atom. The van der Waals surface area contributed by atoms with Gasteiger partial charge in [-0.3, -0.25) is 0 Å². The lowest BCUT2D eigenvalue weighted by Gasteiger charge is -2.19. The van der Waals surface area contributed by atoms with Crippen LogP contribution in [0.4, 0.5) is 17.5 Å². The summed E-state index contributed by atoms with van der Waals surface area (Å²) in [7, 11) is 0. The second-order valence-corrected chi connectivity index (χ2v) is 7.49. The lowest BCUT2D eigenvalue weighted by Crippen LogP contribution is -2.11. The van der Waals surface area contributed by atoms with Gasteiger partial charge in [0.15, 0.2) is 0 Å². The molecule has 3 rings (SSSR count). The topological polar surface area (TPSA) is 49.8 Å². The number of benzene rings is 2. The molecule has 134 valence electrons. The zero-order chi connectivity index (χ0) is 18.6. The van der Waals surface area contributed by atoms with Gasteiger partial charge >= 0.3 is 0 Å². The lowest BCUT2D eigenvalue weighted by atomic mass is 9.87. The molecule has 0 aliphatic carbocycles. The normalized spacial score (nSPS) is 12.5. The fourth-order valence-corrected chi connectivity index (χ4v) is 2.73. The van der Waals surface area contributed by atoms with Crippen LogP contribution in [0.5, 0.6) is 0 Å². The molecule has 0 saturated carbocycles. The molecule has 1 unspecified atom stereocenters. The van der Waals surface area contributed by atoms with Crippen LogP contribution >= 0.6 is 0 Å². The highest BCUT2D eigenvalue weighted by atomic mass is 15.1. The van der Waals surface area contributed by atoms with E-state index in [1.54, 1.807) is 6.20 Å². The van der Waals surface area contributed by atoms with Crippen LogP contribution in [0.25, 0.3) is 0 Å². The second kappa shape index (κ2) is 7.56. The maximum Gasteiger partial charge on any atom is 0.229 e. The zero-order valence-electron chi connectivity index (χ0n) is 15.8. The van der Waals surface area contributed by atoms with E-state index in [1.165, 1.54) is 11.1 Å². The molecule has 1 heterocycles. The van der Waals surface area contributed by atoms with E-state index in [1.807, 2.05) is 24.3 Å². The Balaban J connectivity index is 1.69. The third kappa shape index (κ3) is 4.60. The first-order valence-electron chi connectivity index (χ1n) is 8.94. The second-order valence-electron chi connectivity index (χ2n) is 7.49. The van der Waals surface area contributed by atoms with Crippen molar-refractivity contribution in [1.29, 1.82) is 0 Å². The van der Waals surface area contributed by atoms with Crippen molar-refractivity contribution in [3.05, 3.63) is 78.0 Å². The summed E-state index contributed by atoms with van der Waals surface area (Å²) < 4.78 is 0. The predicted molar refractivity (Wildman–Crippen MR) is 109 cm³/mol. The van der Waals surface area contributed by atoms with Crippen LogP contribution in [-0.4, -0.2) is 9.97 Å². The van der Waals surface area contributed by atoms with Crippen molar-refractivity contribution in [3.8, 4) is 0 Å². The molecule has 0 radical (unpaired) electrons. The molecular weight excluding hydrogens is 320 g/mol. The van der Waals surface area contributed by atoms with Crippen LogP contribution in [-0.2, 0) is 5.41 Å². The van der Waals surface area contributed by atoms with Gasteiger partial charge in [-0.15, -0.1) is 0 Å². The summed E-state index contributed by atoms with van der Waals surface area (Å²) in [6.07, 6.45) is 1.76. The van der Waals surface area contributed by atoms with Crippen LogP contribution in [0.15, 0.2) is 66.9 Å². The van der Waals surface area contributed by atoms with E-state index in [0.717, 1.165) is 11.5 Å². The molecule has 1 aromatic heterocycles. The highest BCUT2D eigenvalue weighted by Gasteiger charge is 2.13. The minimum atomic E-state index is 0.145. The Morgan fingerprint density at radius 2 is 1.58 bits per heavy atom. The van der Waals surface area contributed by atoms with E-state index in [0.29, 0.717) is 5.95 Å². The van der Waals surface area contributed by atoms with Crippen molar-refractivity contribution in [2.24, 2.45) is 0 Å². The van der Waals surface area contributed by atoms with Crippen LogP contribution in [0.3, 0.4) is 0 Å². The van der Waals surface area contributed by atoms with Gasteiger partial charge in [0.2, 0.25) is 5.95 Å². The molecular formula is C22H26N4. The molecule has 0 saturated heterocycles. The number of rotatable bonds is 5. The Hall–Kier alpha value is -2.88. The van der Waals surface area contributed by atoms with E-state index in [2.05, 4.69) is 84.7 Å². The first-order valence-corrected chi connectivity index (χ1v) is 8.94. The molecule has 2 aromatic carbocycles. The first kappa shape index (κ1) is 17.9. The number of aromatic nitrogens is 2. The van der Waals surface area contributed by atoms with Gasteiger partial charge in [0, 0.05) is 17.9 Å². The smallest absolute Gasteiger partial charge is 0.229 e. The summed E-state index contributed by atoms with van der Waals surface area (Å²) in [5.74, 6) is 1.38. The average molecular weight is 346 g/mol. The monoisotopic (exact) mass is 346 g/mol. The summed E-state index contributed by atoms with van der Waals surface area (Å²) in [6, 6.07) is 20.8. The summed E-state index contributed by atoms with van der Waals surface area (Å²) >= 11 is 0. The molecule has 0 amide bonds. The largest absolute Gasteiger partial charge is 0.363 e. The molecule has 2 N–H and O–H groups in total. The standard InChI is InChI=1S/C22H26N4/c1-16(17-8-6-5-7-9-17)24-20-14-15-23-21(26-20)25-19-12-10-18(11-13-19)22(2,3)4/h5-16H,1-4H3,(H2,23,24,25,26). The fraction of sp³-hybridized carbons (Fsp3) is 0.273. The van der Waals surface area contributed by atoms with Crippen molar-refractivity contribution in [2.75, 3.05) is 10.6 Å². The Kier molecular flexibility index (Phi) is 5.21. The molecule has 1 atom stereocenters. The Morgan fingerprint density at radius 3 is 2.23 bits per heavy atom. The SMILES string of the molecule is CC(Nc1ccnc(Nc2ccc(C(C)(C)C)cc2)n1)c1ccccc1. The van der Waals surface area contributed by atoms with Crippen LogP contribution < -0.4 is 10.6 Å². The van der Waals surface area contributed by atoms with Crippen LogP contribution in [0.2, 0.25) is 0 Å². The van der Waals surface area contributed by atoms with E-state index < -0.39 is 0 Å². The maximum absolute atomic E-state index is 4.57. The summed E-state index contributed by atoms with van der Waals surface area (Å²) in [5, 5.41) is 6.70. The van der Waals surface area contributed by atoms with Crippen molar-refractivity contribution in [1.82, 2.24) is 9.97 Å². The summed E-state index contributed by atoms with van der Waals surface area (Å²) in [4.78, 5) is 8.90. The van der Waals surface area contributed by atoms with E-state index in [9.17, 15) is 0 Å². The highest BCUT2D eigenvalue weighted by molar-refractivity contribution is 5.55. The first-order chi connectivity index (χ1) is 12.4. The highest BCUT2D eigenvalue weighted by Crippen LogP contribution is 2.24. The molecule has 0 aliphatic heterocycles. The molecule has 0 fully saturated rings. The number of nitrogens with one attached hydrogen (secondary N) is 2. The number of hydrogen-bond donors (Lipinski definition) is 2. The number of nitrogens with zero attached hydrogens (tertiary/aromatic N) is 2. The molecule has 0 spiro atoms. The number of hydrogen-bond acceptors (Lipinski definition) is 4. The van der Waals surface area contributed by atoms with Crippen molar-refractivity contribution in [2.45, 2.75) is 39.2 Å². The van der Waals surface area contributed by atoms with Crippen molar-refractivity contribution >= 4 is 17.5 Å². The molecule has 4 heteroatoms. The molecule has 0 aliphatic rings. The Labute approximate surface area is 155 Å². The van der Waals surface area contributed by atoms with Gasteiger partial charge in [-0.1, -0.05) is 63.2 Å². The minimum Gasteiger partial charge on any atom is -0.363 e. The van der Waals surface area contributed by atoms with Crippen molar-refractivity contribution in [3.63, 3.8) is 0 Å². The fourth-order valence-electron chi connectivity index (χ4n) is 2.73. The van der Waals surface area contributed by atoms with Gasteiger partial charge < -0.3 is 10.6 Å². The molecule has 3 aromatic rings. The third-order valence-electron chi connectivity index (χ3n) is 4.33. The van der Waals surface area contributed by atoms with E-state index in [-0.39, 0.29) is 11.5 Å². The maximum atomic E-state index is 4.57. The third-order valence-corrected chi connectivity index (χ3v) is 4.33. The van der Waals surface area contributed by atoms with E-state index >= 15 is 0 Å². The Bertz CT molecular complexity index is 836. The summed E-state index contributed by atoms with van der Waals surface area (Å²) in [5.41, 5.74) is 3.65. The van der Waals surface area contributed by atoms with Gasteiger partial charge in [-0.25, -0.2) is 4.98 Å². The quantitative estimate of drug-likeness (QED) is 0.623. The van der Waals surface area contributed by atoms with Crippen LogP contribution in [0, 0.1) is 0 Å². The molecule has 0 bridgehead atoms. The number of anilines is 3. The van der Waals surface area contributed by atoms with E-state index in [4.69, 9.17) is 0 Å². The van der Waals surface area contributed by atoms with Crippen LogP contribution in [0.1, 0.15) is 44.9 Å². The van der Waals surface area contributed by atoms with Gasteiger partial charge in [-0.05, 0) is 41.7 Å². The predicted octanol–water partition coefficient (Wildman–Crippen LogP) is 5.69. The minimum absolute atomic E-state index is 0.145. The average Bonchev–Trinajstić information content (AvgIpc) is 2.62. The van der Waals surface area contributed by atoms with Gasteiger partial charge in [0.1, 0.15) is 5.82 Å². The lowest BCUT2D eigenvalue weighted by molar-refractivity contribution is 0.590. The zero-order valence-corrected chi connectivity index (χ0v) is 15.8.